The average molecular weight is 338 g/mol. The molecule has 0 saturated heterocycles. The molecule has 2 aliphatic rings. The van der Waals surface area contributed by atoms with Gasteiger partial charge in [-0.3, -0.25) is 9.89 Å². The van der Waals surface area contributed by atoms with Crippen molar-refractivity contribution in [3.05, 3.63) is 40.0 Å². The summed E-state index contributed by atoms with van der Waals surface area (Å²) in [5.41, 5.74) is 2.77. The van der Waals surface area contributed by atoms with Crippen molar-refractivity contribution in [2.75, 3.05) is 17.9 Å². The van der Waals surface area contributed by atoms with Gasteiger partial charge < -0.3 is 14.8 Å². The average Bonchev–Trinajstić information content (AvgIpc) is 2.89. The van der Waals surface area contributed by atoms with Crippen LogP contribution in [0.1, 0.15) is 21.9 Å². The molecule has 8 heteroatoms. The number of ether oxygens (including phenoxy) is 2. The lowest BCUT2D eigenvalue weighted by Crippen LogP contribution is -2.14. The first-order valence-electron chi connectivity index (χ1n) is 6.70. The van der Waals surface area contributed by atoms with Crippen molar-refractivity contribution in [2.24, 2.45) is 0 Å². The summed E-state index contributed by atoms with van der Waals surface area (Å²) in [7, 11) is 0. The van der Waals surface area contributed by atoms with Gasteiger partial charge in [0.2, 0.25) is 5.91 Å². The van der Waals surface area contributed by atoms with Crippen LogP contribution in [0.25, 0.3) is 0 Å². The third-order valence-electron chi connectivity index (χ3n) is 3.58. The molecule has 0 radical (unpaired) electrons. The molecule has 3 heterocycles. The topological polar surface area (TPSA) is 76.2 Å². The predicted molar refractivity (Wildman–Crippen MR) is 83.3 cm³/mol. The molecule has 0 aliphatic carbocycles. The third kappa shape index (κ3) is 2.35. The molecule has 0 saturated carbocycles. The van der Waals surface area contributed by atoms with Gasteiger partial charge in [0.25, 0.3) is 0 Å². The summed E-state index contributed by atoms with van der Waals surface area (Å²) in [6.45, 7) is 0.685. The van der Waals surface area contributed by atoms with Gasteiger partial charge in [-0.05, 0) is 12.1 Å². The molecular weight excluding hydrogens is 326 g/mol. The van der Waals surface area contributed by atoms with E-state index in [0.717, 1.165) is 22.4 Å². The summed E-state index contributed by atoms with van der Waals surface area (Å²) < 4.78 is 11.0. The fourth-order valence-electron chi connectivity index (χ4n) is 2.68. The number of carbonyl (C=O) groups is 1. The summed E-state index contributed by atoms with van der Waals surface area (Å²) in [6.07, 6.45) is 1.73. The standard InChI is InChI=1S/C14H12ClN3O3S/c15-8-1-7-4-20-6-21-12(7)9(2-8)13-10-3-16-18-14(10)17-11(19)5-22-13/h1-3,13H,4-6H2,(H2,16,17,18,19)/t13-/m0/s1. The van der Waals surface area contributed by atoms with Crippen LogP contribution in [0, 0.1) is 0 Å². The molecular formula is C14H12ClN3O3S. The molecule has 1 atom stereocenters. The van der Waals surface area contributed by atoms with Crippen LogP contribution >= 0.6 is 23.4 Å². The van der Waals surface area contributed by atoms with Crippen LogP contribution in [-0.2, 0) is 16.1 Å². The first-order valence-corrected chi connectivity index (χ1v) is 8.12. The number of nitrogens with one attached hydrogen (secondary N) is 2. The van der Waals surface area contributed by atoms with Crippen LogP contribution < -0.4 is 10.1 Å². The number of H-pyrrole nitrogens is 1. The number of rotatable bonds is 1. The number of amides is 1. The van der Waals surface area contributed by atoms with E-state index in [1.165, 1.54) is 11.8 Å². The van der Waals surface area contributed by atoms with E-state index in [0.29, 0.717) is 23.2 Å². The number of hydrogen-bond donors (Lipinski definition) is 2. The number of anilines is 1. The molecule has 2 aromatic rings. The van der Waals surface area contributed by atoms with E-state index in [-0.39, 0.29) is 18.0 Å². The van der Waals surface area contributed by atoms with E-state index in [1.54, 1.807) is 6.20 Å². The Balaban J connectivity index is 1.85. The molecule has 2 N–H and O–H groups in total. The first-order chi connectivity index (χ1) is 10.7. The highest BCUT2D eigenvalue weighted by atomic mass is 35.5. The summed E-state index contributed by atoms with van der Waals surface area (Å²) >= 11 is 7.77. The molecule has 6 nitrogen and oxygen atoms in total. The van der Waals surface area contributed by atoms with E-state index in [1.807, 2.05) is 12.1 Å². The monoisotopic (exact) mass is 337 g/mol. The molecule has 0 fully saturated rings. The Labute approximate surface area is 135 Å². The SMILES string of the molecule is O=C1CS[C@@H](c2cc(Cl)cc3c2OCOC3)c2cn[nH]c2N1. The van der Waals surface area contributed by atoms with Crippen LogP contribution in [0.3, 0.4) is 0 Å². The maximum absolute atomic E-state index is 11.8. The molecule has 2 aliphatic heterocycles. The Morgan fingerprint density at radius 2 is 2.27 bits per heavy atom. The lowest BCUT2D eigenvalue weighted by Gasteiger charge is -2.24. The molecule has 114 valence electrons. The number of halogens is 1. The second-order valence-electron chi connectivity index (χ2n) is 5.03. The Bertz CT molecular complexity index is 749. The zero-order valence-electron chi connectivity index (χ0n) is 11.4. The quantitative estimate of drug-likeness (QED) is 0.836. The van der Waals surface area contributed by atoms with Crippen LogP contribution in [0.15, 0.2) is 18.3 Å². The fourth-order valence-corrected chi connectivity index (χ4v) is 4.03. The number of fused-ring (bicyclic) bond motifs is 2. The largest absolute Gasteiger partial charge is 0.467 e. The number of benzene rings is 1. The number of thioether (sulfide) groups is 1. The highest BCUT2D eigenvalue weighted by Gasteiger charge is 2.30. The normalized spacial score (nSPS) is 20.4. The summed E-state index contributed by atoms with van der Waals surface area (Å²) in [5.74, 6) is 1.71. The van der Waals surface area contributed by atoms with Gasteiger partial charge in [-0.2, -0.15) is 5.10 Å². The molecule has 4 rings (SSSR count). The fraction of sp³-hybridized carbons (Fsp3) is 0.286. The van der Waals surface area contributed by atoms with Crippen molar-refractivity contribution in [1.29, 1.82) is 0 Å². The van der Waals surface area contributed by atoms with Crippen LogP contribution in [-0.4, -0.2) is 28.7 Å². The van der Waals surface area contributed by atoms with Crippen molar-refractivity contribution >= 4 is 35.1 Å². The van der Waals surface area contributed by atoms with Gasteiger partial charge in [-0.1, -0.05) is 11.6 Å². The minimum absolute atomic E-state index is 0.0573. The molecule has 1 amide bonds. The number of carbonyl (C=O) groups excluding carboxylic acids is 1. The highest BCUT2D eigenvalue weighted by Crippen LogP contribution is 2.46. The number of aromatic nitrogens is 2. The van der Waals surface area contributed by atoms with Gasteiger partial charge in [0, 0.05) is 21.7 Å². The summed E-state index contributed by atoms with van der Waals surface area (Å²) in [4.78, 5) is 11.8. The van der Waals surface area contributed by atoms with Crippen molar-refractivity contribution in [1.82, 2.24) is 10.2 Å². The van der Waals surface area contributed by atoms with Gasteiger partial charge in [0.05, 0.1) is 23.8 Å². The maximum Gasteiger partial charge on any atom is 0.235 e. The van der Waals surface area contributed by atoms with E-state index >= 15 is 0 Å². The lowest BCUT2D eigenvalue weighted by molar-refractivity contribution is -0.113. The summed E-state index contributed by atoms with van der Waals surface area (Å²) in [6, 6.07) is 3.73. The Hall–Kier alpha value is -1.70. The van der Waals surface area contributed by atoms with E-state index in [9.17, 15) is 4.79 Å². The van der Waals surface area contributed by atoms with Crippen molar-refractivity contribution in [3.63, 3.8) is 0 Å². The first kappa shape index (κ1) is 13.9. The van der Waals surface area contributed by atoms with Gasteiger partial charge in [-0.15, -0.1) is 11.8 Å². The third-order valence-corrected chi connectivity index (χ3v) is 5.07. The molecule has 0 spiro atoms. The van der Waals surface area contributed by atoms with Crippen molar-refractivity contribution < 1.29 is 14.3 Å². The van der Waals surface area contributed by atoms with Crippen LogP contribution in [0.2, 0.25) is 5.02 Å². The smallest absolute Gasteiger partial charge is 0.235 e. The molecule has 1 aromatic heterocycles. The molecule has 0 unspecified atom stereocenters. The van der Waals surface area contributed by atoms with Crippen molar-refractivity contribution in [3.8, 4) is 5.75 Å². The Kier molecular flexibility index (Phi) is 3.48. The van der Waals surface area contributed by atoms with Crippen molar-refractivity contribution in [2.45, 2.75) is 11.9 Å². The Morgan fingerprint density at radius 1 is 1.36 bits per heavy atom. The number of nitrogens with zero attached hydrogens (tertiary/aromatic N) is 1. The number of aromatic amines is 1. The van der Waals surface area contributed by atoms with Gasteiger partial charge in [0.1, 0.15) is 11.6 Å². The lowest BCUT2D eigenvalue weighted by atomic mass is 10.0. The highest BCUT2D eigenvalue weighted by molar-refractivity contribution is 8.00. The predicted octanol–water partition coefficient (Wildman–Crippen LogP) is 2.70. The molecule has 1 aromatic carbocycles. The molecule has 0 bridgehead atoms. The zero-order valence-corrected chi connectivity index (χ0v) is 13.0. The van der Waals surface area contributed by atoms with Gasteiger partial charge >= 0.3 is 0 Å². The maximum atomic E-state index is 11.8. The second-order valence-corrected chi connectivity index (χ2v) is 6.56. The van der Waals surface area contributed by atoms with Gasteiger partial charge in [0.15, 0.2) is 6.79 Å². The zero-order chi connectivity index (χ0) is 15.1. The van der Waals surface area contributed by atoms with Gasteiger partial charge in [-0.25, -0.2) is 0 Å². The molecule has 22 heavy (non-hydrogen) atoms. The van der Waals surface area contributed by atoms with Crippen LogP contribution in [0.5, 0.6) is 5.75 Å². The van der Waals surface area contributed by atoms with E-state index < -0.39 is 0 Å². The van der Waals surface area contributed by atoms with E-state index in [4.69, 9.17) is 21.1 Å². The van der Waals surface area contributed by atoms with E-state index in [2.05, 4.69) is 15.5 Å². The number of hydrogen-bond acceptors (Lipinski definition) is 5. The second kappa shape index (κ2) is 5.49. The Morgan fingerprint density at radius 3 is 3.18 bits per heavy atom. The van der Waals surface area contributed by atoms with Crippen LogP contribution in [0.4, 0.5) is 5.82 Å². The minimum atomic E-state index is -0.0850. The minimum Gasteiger partial charge on any atom is -0.467 e. The summed E-state index contributed by atoms with van der Waals surface area (Å²) in [5, 5.41) is 10.2.